The first kappa shape index (κ1) is 8.86. The summed E-state index contributed by atoms with van der Waals surface area (Å²) in [6.07, 6.45) is 9.66. The Morgan fingerprint density at radius 1 is 1.40 bits per heavy atom. The molecule has 1 aliphatic carbocycles. The van der Waals surface area contributed by atoms with Gasteiger partial charge < -0.3 is 0 Å². The minimum absolute atomic E-state index is 1.06. The Morgan fingerprint density at radius 2 is 2.33 bits per heavy atom. The number of fused-ring (bicyclic) bond motifs is 3. The van der Waals surface area contributed by atoms with E-state index in [1.807, 2.05) is 12.3 Å². The molecule has 0 saturated heterocycles. The Kier molecular flexibility index (Phi) is 1.96. The summed E-state index contributed by atoms with van der Waals surface area (Å²) >= 11 is 1.78. The zero-order valence-corrected chi connectivity index (χ0v) is 9.34. The lowest BCUT2D eigenvalue weighted by atomic mass is 10.1. The molecule has 2 heterocycles. The summed E-state index contributed by atoms with van der Waals surface area (Å²) in [4.78, 5) is 6.88. The summed E-state index contributed by atoms with van der Waals surface area (Å²) in [6.45, 7) is 2.18. The molecule has 2 aromatic rings. The quantitative estimate of drug-likeness (QED) is 0.641. The van der Waals surface area contributed by atoms with Gasteiger partial charge >= 0.3 is 0 Å². The first-order chi connectivity index (χ1) is 7.34. The number of nitrogens with zero attached hydrogens (tertiary/aromatic N) is 1. The molecule has 1 aliphatic rings. The molecule has 3 rings (SSSR count). The van der Waals surface area contributed by atoms with Crippen molar-refractivity contribution >= 4 is 33.7 Å². The minimum Gasteiger partial charge on any atom is -0.245 e. The van der Waals surface area contributed by atoms with Crippen LogP contribution in [0.3, 0.4) is 0 Å². The normalized spacial score (nSPS) is 14.9. The molecule has 2 aromatic heterocycles. The summed E-state index contributed by atoms with van der Waals surface area (Å²) < 4.78 is 0. The van der Waals surface area contributed by atoms with Gasteiger partial charge in [-0.2, -0.15) is 0 Å². The highest BCUT2D eigenvalue weighted by atomic mass is 32.1. The molecule has 0 aliphatic heterocycles. The first-order valence-corrected chi connectivity index (χ1v) is 5.87. The predicted molar refractivity (Wildman–Crippen MR) is 66.9 cm³/mol. The van der Waals surface area contributed by atoms with Gasteiger partial charge in [0, 0.05) is 22.0 Å². The van der Waals surface area contributed by atoms with E-state index in [2.05, 4.69) is 36.2 Å². The molecule has 74 valence electrons. The van der Waals surface area contributed by atoms with Crippen molar-refractivity contribution in [2.75, 3.05) is 0 Å². The predicted octanol–water partition coefficient (Wildman–Crippen LogP) is 4.12. The molecule has 2 heteroatoms. The number of aromatic nitrogens is 1. The third-order valence-corrected chi connectivity index (χ3v) is 3.71. The molecular weight excluding hydrogens is 202 g/mol. The van der Waals surface area contributed by atoms with Crippen molar-refractivity contribution in [1.29, 1.82) is 0 Å². The fourth-order valence-corrected chi connectivity index (χ4v) is 3.05. The lowest BCUT2D eigenvalue weighted by Crippen LogP contribution is -1.72. The average Bonchev–Trinajstić information content (AvgIpc) is 2.46. The Bertz CT molecular complexity index is 575. The van der Waals surface area contributed by atoms with E-state index in [1.54, 1.807) is 11.3 Å². The average molecular weight is 213 g/mol. The van der Waals surface area contributed by atoms with Crippen LogP contribution in [0, 0.1) is 0 Å². The molecular formula is C13H11NS. The van der Waals surface area contributed by atoms with Crippen molar-refractivity contribution in [3.63, 3.8) is 0 Å². The van der Waals surface area contributed by atoms with Crippen LogP contribution in [0.5, 0.6) is 0 Å². The van der Waals surface area contributed by atoms with Gasteiger partial charge in [0.25, 0.3) is 0 Å². The Labute approximate surface area is 92.8 Å². The molecule has 0 atom stereocenters. The van der Waals surface area contributed by atoms with Gasteiger partial charge in [0.05, 0.1) is 0 Å². The summed E-state index contributed by atoms with van der Waals surface area (Å²) in [5.41, 5.74) is 2.75. The van der Waals surface area contributed by atoms with Crippen molar-refractivity contribution in [1.82, 2.24) is 4.98 Å². The highest BCUT2D eigenvalue weighted by Gasteiger charge is 2.10. The molecule has 0 fully saturated rings. The van der Waals surface area contributed by atoms with Crippen LogP contribution in [-0.2, 0) is 0 Å². The second-order valence-corrected chi connectivity index (χ2v) is 4.86. The third-order valence-electron chi connectivity index (χ3n) is 2.64. The van der Waals surface area contributed by atoms with E-state index in [4.69, 9.17) is 0 Å². The second-order valence-electron chi connectivity index (χ2n) is 3.83. The van der Waals surface area contributed by atoms with E-state index in [0.29, 0.717) is 0 Å². The van der Waals surface area contributed by atoms with E-state index >= 15 is 0 Å². The lowest BCUT2D eigenvalue weighted by Gasteiger charge is -1.91. The fraction of sp³-hybridized carbons (Fsp3) is 0.154. The van der Waals surface area contributed by atoms with Crippen molar-refractivity contribution < 1.29 is 0 Å². The Balaban J connectivity index is 2.38. The van der Waals surface area contributed by atoms with Gasteiger partial charge in [-0.1, -0.05) is 17.7 Å². The zero-order chi connectivity index (χ0) is 10.3. The van der Waals surface area contributed by atoms with Crippen LogP contribution in [0.25, 0.3) is 22.4 Å². The summed E-state index contributed by atoms with van der Waals surface area (Å²) in [6, 6.07) is 4.15. The molecule has 0 N–H and O–H groups in total. The maximum atomic E-state index is 4.40. The summed E-state index contributed by atoms with van der Waals surface area (Å²) in [5, 5.41) is 1.28. The van der Waals surface area contributed by atoms with Gasteiger partial charge in [-0.05, 0) is 31.6 Å². The van der Waals surface area contributed by atoms with Crippen LogP contribution in [-0.4, -0.2) is 4.98 Å². The minimum atomic E-state index is 1.06. The fourth-order valence-electron chi connectivity index (χ4n) is 1.89. The molecule has 1 nitrogen and oxygen atoms in total. The van der Waals surface area contributed by atoms with Gasteiger partial charge in [0.2, 0.25) is 0 Å². The number of hydrogen-bond donors (Lipinski definition) is 0. The van der Waals surface area contributed by atoms with Crippen LogP contribution in [0.4, 0.5) is 0 Å². The molecule has 0 bridgehead atoms. The number of allylic oxidation sites excluding steroid dienone is 2. The molecule has 0 spiro atoms. The van der Waals surface area contributed by atoms with Crippen LogP contribution in [0.15, 0.2) is 30.0 Å². The number of pyridine rings is 1. The maximum Gasteiger partial charge on any atom is 0.124 e. The second kappa shape index (κ2) is 3.31. The smallest absolute Gasteiger partial charge is 0.124 e. The van der Waals surface area contributed by atoms with Crippen LogP contribution in [0.2, 0.25) is 0 Å². The molecule has 15 heavy (non-hydrogen) atoms. The number of rotatable bonds is 0. The van der Waals surface area contributed by atoms with E-state index in [0.717, 1.165) is 11.3 Å². The zero-order valence-electron chi connectivity index (χ0n) is 8.53. The highest BCUT2D eigenvalue weighted by Crippen LogP contribution is 2.34. The molecule has 0 saturated carbocycles. The SMILES string of the molecule is CC1=Cc2sc3ncccc3c2C=CC1. The standard InChI is InChI=1S/C13H11NS/c1-9-4-2-5-10-11-6-3-7-14-13(11)15-12(10)8-9/h2-3,5-8H,4H2,1H3. The van der Waals surface area contributed by atoms with Gasteiger partial charge in [0.1, 0.15) is 4.83 Å². The Hall–Kier alpha value is -1.41. The van der Waals surface area contributed by atoms with Crippen LogP contribution in [0.1, 0.15) is 23.8 Å². The van der Waals surface area contributed by atoms with Crippen molar-refractivity contribution in [2.45, 2.75) is 13.3 Å². The number of thiophene rings is 1. The molecule has 0 radical (unpaired) electrons. The van der Waals surface area contributed by atoms with E-state index in [9.17, 15) is 0 Å². The van der Waals surface area contributed by atoms with Crippen LogP contribution >= 0.6 is 11.3 Å². The monoisotopic (exact) mass is 213 g/mol. The van der Waals surface area contributed by atoms with Gasteiger partial charge in [-0.25, -0.2) is 4.98 Å². The largest absolute Gasteiger partial charge is 0.245 e. The van der Waals surface area contributed by atoms with Crippen LogP contribution < -0.4 is 0 Å². The van der Waals surface area contributed by atoms with Gasteiger partial charge in [-0.3, -0.25) is 0 Å². The topological polar surface area (TPSA) is 12.9 Å². The Morgan fingerprint density at radius 3 is 3.27 bits per heavy atom. The van der Waals surface area contributed by atoms with Crippen molar-refractivity contribution in [2.24, 2.45) is 0 Å². The maximum absolute atomic E-state index is 4.40. The van der Waals surface area contributed by atoms with Gasteiger partial charge in [0.15, 0.2) is 0 Å². The van der Waals surface area contributed by atoms with Crippen molar-refractivity contribution in [3.8, 4) is 0 Å². The van der Waals surface area contributed by atoms with E-state index in [1.165, 1.54) is 21.4 Å². The van der Waals surface area contributed by atoms with Crippen molar-refractivity contribution in [3.05, 3.63) is 40.4 Å². The molecule has 0 unspecified atom stereocenters. The first-order valence-electron chi connectivity index (χ1n) is 5.06. The highest BCUT2D eigenvalue weighted by molar-refractivity contribution is 7.19. The molecule has 0 amide bonds. The van der Waals surface area contributed by atoms with E-state index in [-0.39, 0.29) is 0 Å². The summed E-state index contributed by atoms with van der Waals surface area (Å²) in [5.74, 6) is 0. The van der Waals surface area contributed by atoms with E-state index < -0.39 is 0 Å². The third kappa shape index (κ3) is 1.41. The molecule has 0 aromatic carbocycles. The summed E-state index contributed by atoms with van der Waals surface area (Å²) in [7, 11) is 0. The lowest BCUT2D eigenvalue weighted by molar-refractivity contribution is 1.25. The van der Waals surface area contributed by atoms with Gasteiger partial charge in [-0.15, -0.1) is 11.3 Å². The number of hydrogen-bond acceptors (Lipinski definition) is 2.